The van der Waals surface area contributed by atoms with Crippen molar-refractivity contribution < 1.29 is 4.79 Å². The van der Waals surface area contributed by atoms with E-state index in [9.17, 15) is 4.79 Å². The Morgan fingerprint density at radius 1 is 1.14 bits per heavy atom. The lowest BCUT2D eigenvalue weighted by Gasteiger charge is -2.38. The molecular formula is C20H38IN5OS. The standard InChI is InChI=1S/C20H37N5OS.HI/c1-3-27-18-8-7-17(15-18)23-20(21-2)22-9-10-24-11-13-25(14-12-24)19(26)16-5-4-6-16;/h16-18H,3-15H2,1-2H3,(H2,21,22,23);1H. The van der Waals surface area contributed by atoms with Crippen molar-refractivity contribution >= 4 is 47.6 Å². The molecule has 3 fully saturated rings. The molecule has 1 heterocycles. The summed E-state index contributed by atoms with van der Waals surface area (Å²) in [5.41, 5.74) is 0. The van der Waals surface area contributed by atoms with Crippen LogP contribution in [0.2, 0.25) is 0 Å². The first-order valence-corrected chi connectivity index (χ1v) is 11.8. The lowest BCUT2D eigenvalue weighted by molar-refractivity contribution is -0.139. The van der Waals surface area contributed by atoms with E-state index in [0.717, 1.165) is 63.3 Å². The van der Waals surface area contributed by atoms with E-state index in [0.29, 0.717) is 17.9 Å². The molecule has 0 aromatic heterocycles. The average molecular weight is 524 g/mol. The Labute approximate surface area is 192 Å². The van der Waals surface area contributed by atoms with Crippen LogP contribution in [0, 0.1) is 5.92 Å². The highest BCUT2D eigenvalue weighted by atomic mass is 127. The molecule has 3 rings (SSSR count). The maximum absolute atomic E-state index is 12.3. The number of halogens is 1. The molecule has 0 aromatic rings. The van der Waals surface area contributed by atoms with E-state index in [1.54, 1.807) is 0 Å². The van der Waals surface area contributed by atoms with Crippen molar-refractivity contribution in [2.75, 3.05) is 52.1 Å². The molecule has 0 aromatic carbocycles. The number of carbonyl (C=O) groups is 1. The smallest absolute Gasteiger partial charge is 0.225 e. The zero-order valence-electron chi connectivity index (χ0n) is 17.5. The quantitative estimate of drug-likeness (QED) is 0.305. The molecule has 8 heteroatoms. The van der Waals surface area contributed by atoms with Gasteiger partial charge < -0.3 is 15.5 Å². The van der Waals surface area contributed by atoms with Crippen LogP contribution in [-0.4, -0.2) is 85.0 Å². The summed E-state index contributed by atoms with van der Waals surface area (Å²) in [7, 11) is 1.85. The molecule has 2 unspecified atom stereocenters. The second kappa shape index (κ2) is 12.5. The Balaban J connectivity index is 0.00000280. The monoisotopic (exact) mass is 523 g/mol. The number of hydrogen-bond donors (Lipinski definition) is 2. The molecular weight excluding hydrogens is 485 g/mol. The van der Waals surface area contributed by atoms with Crippen LogP contribution in [-0.2, 0) is 4.79 Å². The molecule has 28 heavy (non-hydrogen) atoms. The van der Waals surface area contributed by atoms with Gasteiger partial charge in [-0.3, -0.25) is 14.7 Å². The first-order chi connectivity index (χ1) is 13.2. The van der Waals surface area contributed by atoms with Crippen molar-refractivity contribution in [3.63, 3.8) is 0 Å². The zero-order chi connectivity index (χ0) is 19.1. The molecule has 2 aliphatic carbocycles. The minimum Gasteiger partial charge on any atom is -0.355 e. The molecule has 6 nitrogen and oxygen atoms in total. The number of nitrogens with one attached hydrogen (secondary N) is 2. The summed E-state index contributed by atoms with van der Waals surface area (Å²) in [5, 5.41) is 7.87. The number of rotatable bonds is 7. The third kappa shape index (κ3) is 6.93. The van der Waals surface area contributed by atoms with Gasteiger partial charge in [0.2, 0.25) is 5.91 Å². The number of aliphatic imine (C=N–C) groups is 1. The second-order valence-corrected chi connectivity index (χ2v) is 9.60. The minimum absolute atomic E-state index is 0. The van der Waals surface area contributed by atoms with Crippen molar-refractivity contribution in [1.29, 1.82) is 0 Å². The van der Waals surface area contributed by atoms with Crippen LogP contribution >= 0.6 is 35.7 Å². The molecule has 162 valence electrons. The van der Waals surface area contributed by atoms with E-state index in [1.807, 2.05) is 7.05 Å². The number of hydrogen-bond acceptors (Lipinski definition) is 4. The van der Waals surface area contributed by atoms with E-state index in [4.69, 9.17) is 0 Å². The Bertz CT molecular complexity index is 509. The van der Waals surface area contributed by atoms with Crippen LogP contribution in [0.25, 0.3) is 0 Å². The van der Waals surface area contributed by atoms with Gasteiger partial charge in [-0.25, -0.2) is 0 Å². The van der Waals surface area contributed by atoms with Crippen molar-refractivity contribution in [3.8, 4) is 0 Å². The molecule has 0 spiro atoms. The van der Waals surface area contributed by atoms with Crippen LogP contribution in [0.1, 0.15) is 45.4 Å². The number of nitrogens with zero attached hydrogens (tertiary/aromatic N) is 3. The average Bonchev–Trinajstić information content (AvgIpc) is 3.07. The second-order valence-electron chi connectivity index (χ2n) is 8.03. The van der Waals surface area contributed by atoms with Crippen molar-refractivity contribution in [2.24, 2.45) is 10.9 Å². The third-order valence-electron chi connectivity index (χ3n) is 6.21. The Hall–Kier alpha value is -0.220. The number of carbonyl (C=O) groups excluding carboxylic acids is 1. The van der Waals surface area contributed by atoms with Gasteiger partial charge in [-0.05, 0) is 37.9 Å². The molecule has 2 saturated carbocycles. The first kappa shape index (κ1) is 24.1. The highest BCUT2D eigenvalue weighted by molar-refractivity contribution is 14.0. The summed E-state index contributed by atoms with van der Waals surface area (Å²) in [6.07, 6.45) is 7.25. The topological polar surface area (TPSA) is 60.0 Å². The van der Waals surface area contributed by atoms with Gasteiger partial charge >= 0.3 is 0 Å². The number of guanidine groups is 1. The molecule has 3 aliphatic rings. The number of thioether (sulfide) groups is 1. The van der Waals surface area contributed by atoms with Crippen LogP contribution in [0.15, 0.2) is 4.99 Å². The van der Waals surface area contributed by atoms with E-state index < -0.39 is 0 Å². The lowest BCUT2D eigenvalue weighted by Crippen LogP contribution is -2.52. The minimum atomic E-state index is 0. The van der Waals surface area contributed by atoms with Gasteiger partial charge in [-0.15, -0.1) is 24.0 Å². The third-order valence-corrected chi connectivity index (χ3v) is 7.44. The maximum Gasteiger partial charge on any atom is 0.225 e. The van der Waals surface area contributed by atoms with Crippen molar-refractivity contribution in [3.05, 3.63) is 0 Å². The van der Waals surface area contributed by atoms with E-state index >= 15 is 0 Å². The highest BCUT2D eigenvalue weighted by Crippen LogP contribution is 2.30. The van der Waals surface area contributed by atoms with Gasteiger partial charge in [0, 0.05) is 63.5 Å². The van der Waals surface area contributed by atoms with Gasteiger partial charge in [0.1, 0.15) is 0 Å². The molecule has 2 N–H and O–H groups in total. The molecule has 2 atom stereocenters. The predicted octanol–water partition coefficient (Wildman–Crippen LogP) is 2.39. The SMILES string of the molecule is CCSC1CCC(NC(=NC)NCCN2CCN(C(=O)C3CCC3)CC2)C1.I. The zero-order valence-corrected chi connectivity index (χ0v) is 20.6. The summed E-state index contributed by atoms with van der Waals surface area (Å²) in [6.45, 7) is 7.91. The van der Waals surface area contributed by atoms with Gasteiger partial charge in [-0.2, -0.15) is 11.8 Å². The Morgan fingerprint density at radius 3 is 2.50 bits per heavy atom. The van der Waals surface area contributed by atoms with E-state index in [1.165, 1.54) is 31.4 Å². The molecule has 0 bridgehead atoms. The Kier molecular flexibility index (Phi) is 10.7. The lowest BCUT2D eigenvalue weighted by atomic mass is 9.84. The molecule has 1 amide bonds. The fourth-order valence-corrected chi connectivity index (χ4v) is 5.43. The summed E-state index contributed by atoms with van der Waals surface area (Å²) in [6, 6.07) is 0.557. The maximum atomic E-state index is 12.3. The van der Waals surface area contributed by atoms with Crippen molar-refractivity contribution in [2.45, 2.75) is 56.7 Å². The fourth-order valence-electron chi connectivity index (χ4n) is 4.28. The van der Waals surface area contributed by atoms with Gasteiger partial charge in [0.05, 0.1) is 0 Å². The highest BCUT2D eigenvalue weighted by Gasteiger charge is 2.31. The van der Waals surface area contributed by atoms with E-state index in [2.05, 4.69) is 44.1 Å². The van der Waals surface area contributed by atoms with Gasteiger partial charge in [0.15, 0.2) is 5.96 Å². The molecule has 0 radical (unpaired) electrons. The number of piperazine rings is 1. The van der Waals surface area contributed by atoms with Crippen molar-refractivity contribution in [1.82, 2.24) is 20.4 Å². The largest absolute Gasteiger partial charge is 0.355 e. The summed E-state index contributed by atoms with van der Waals surface area (Å²) >= 11 is 2.09. The van der Waals surface area contributed by atoms with Crippen LogP contribution in [0.3, 0.4) is 0 Å². The van der Waals surface area contributed by atoms with Gasteiger partial charge in [0.25, 0.3) is 0 Å². The first-order valence-electron chi connectivity index (χ1n) is 10.8. The summed E-state index contributed by atoms with van der Waals surface area (Å²) in [5.74, 6) is 2.88. The van der Waals surface area contributed by atoms with Crippen LogP contribution in [0.4, 0.5) is 0 Å². The fraction of sp³-hybridized carbons (Fsp3) is 0.900. The van der Waals surface area contributed by atoms with E-state index in [-0.39, 0.29) is 24.0 Å². The van der Waals surface area contributed by atoms with Gasteiger partial charge in [-0.1, -0.05) is 13.3 Å². The van der Waals surface area contributed by atoms with Crippen LogP contribution < -0.4 is 10.6 Å². The van der Waals surface area contributed by atoms with Crippen LogP contribution in [0.5, 0.6) is 0 Å². The molecule has 1 saturated heterocycles. The predicted molar refractivity (Wildman–Crippen MR) is 130 cm³/mol. The summed E-state index contributed by atoms with van der Waals surface area (Å²) < 4.78 is 0. The normalized spacial score (nSPS) is 26.5. The molecule has 1 aliphatic heterocycles. The summed E-state index contributed by atoms with van der Waals surface area (Å²) in [4.78, 5) is 21.3. The number of amides is 1. The Morgan fingerprint density at radius 2 is 1.89 bits per heavy atom.